The molecule has 2 fully saturated rings. The molecule has 3 aliphatic rings. The molecule has 0 radical (unpaired) electrons. The number of sulfonamides is 1. The fourth-order valence-electron chi connectivity index (χ4n) is 5.22. The van der Waals surface area contributed by atoms with Crippen LogP contribution in [0.15, 0.2) is 23.1 Å². The third-order valence-electron chi connectivity index (χ3n) is 7.45. The molecular formula is C25H38N4O4S. The molecule has 188 valence electrons. The number of hydrogen-bond acceptors (Lipinski definition) is 5. The van der Waals surface area contributed by atoms with Crippen molar-refractivity contribution in [3.63, 3.8) is 0 Å². The normalized spacial score (nSPS) is 20.5. The Hall–Kier alpha value is -1.97. The van der Waals surface area contributed by atoms with E-state index in [1.54, 1.807) is 27.4 Å². The Morgan fingerprint density at radius 3 is 2.29 bits per heavy atom. The third-order valence-corrected chi connectivity index (χ3v) is 9.34. The van der Waals surface area contributed by atoms with Crippen molar-refractivity contribution in [2.24, 2.45) is 5.92 Å². The van der Waals surface area contributed by atoms with Crippen LogP contribution in [0, 0.1) is 5.92 Å². The van der Waals surface area contributed by atoms with Gasteiger partial charge in [0, 0.05) is 64.3 Å². The van der Waals surface area contributed by atoms with Crippen LogP contribution in [0.5, 0.6) is 0 Å². The zero-order chi connectivity index (χ0) is 24.3. The van der Waals surface area contributed by atoms with Crippen molar-refractivity contribution in [3.8, 4) is 0 Å². The van der Waals surface area contributed by atoms with Gasteiger partial charge in [0.25, 0.3) is 0 Å². The largest absolute Gasteiger partial charge is 0.343 e. The number of benzene rings is 1. The number of nitrogens with zero attached hydrogens (tertiary/aromatic N) is 4. The van der Waals surface area contributed by atoms with Crippen molar-refractivity contribution >= 4 is 27.5 Å². The maximum atomic E-state index is 13.2. The van der Waals surface area contributed by atoms with Gasteiger partial charge in [-0.25, -0.2) is 8.42 Å². The summed E-state index contributed by atoms with van der Waals surface area (Å²) < 4.78 is 28.0. The smallest absolute Gasteiger partial charge is 0.243 e. The molecule has 0 spiro atoms. The maximum absolute atomic E-state index is 13.2. The van der Waals surface area contributed by atoms with Crippen molar-refractivity contribution in [3.05, 3.63) is 23.8 Å². The lowest BCUT2D eigenvalue weighted by atomic mass is 9.99. The third kappa shape index (κ3) is 5.47. The summed E-state index contributed by atoms with van der Waals surface area (Å²) in [4.78, 5) is 31.6. The number of piperazine rings is 1. The van der Waals surface area contributed by atoms with Gasteiger partial charge in [-0.3, -0.25) is 9.59 Å². The maximum Gasteiger partial charge on any atom is 0.243 e. The topological polar surface area (TPSA) is 81.2 Å². The van der Waals surface area contributed by atoms with Gasteiger partial charge in [-0.05, 0) is 61.9 Å². The van der Waals surface area contributed by atoms with Gasteiger partial charge in [0.1, 0.15) is 0 Å². The van der Waals surface area contributed by atoms with Crippen LogP contribution in [0.25, 0.3) is 0 Å². The fourth-order valence-corrected chi connectivity index (χ4v) is 6.69. The van der Waals surface area contributed by atoms with Crippen LogP contribution < -0.4 is 4.90 Å². The van der Waals surface area contributed by atoms with E-state index in [0.29, 0.717) is 36.9 Å². The number of amides is 2. The predicted molar refractivity (Wildman–Crippen MR) is 132 cm³/mol. The van der Waals surface area contributed by atoms with E-state index in [-0.39, 0.29) is 24.7 Å². The van der Waals surface area contributed by atoms with Crippen molar-refractivity contribution in [1.29, 1.82) is 0 Å². The predicted octanol–water partition coefficient (Wildman–Crippen LogP) is 2.33. The molecule has 3 aliphatic heterocycles. The number of carbonyl (C=O) groups excluding carboxylic acids is 2. The van der Waals surface area contributed by atoms with Crippen LogP contribution in [-0.2, 0) is 26.0 Å². The van der Waals surface area contributed by atoms with E-state index in [4.69, 9.17) is 0 Å². The zero-order valence-electron chi connectivity index (χ0n) is 20.5. The van der Waals surface area contributed by atoms with Crippen molar-refractivity contribution in [2.45, 2.75) is 57.3 Å². The van der Waals surface area contributed by atoms with E-state index in [2.05, 4.69) is 18.7 Å². The Bertz CT molecular complexity index is 996. The quantitative estimate of drug-likeness (QED) is 0.586. The van der Waals surface area contributed by atoms with Gasteiger partial charge in [0.2, 0.25) is 21.8 Å². The molecular weight excluding hydrogens is 452 g/mol. The summed E-state index contributed by atoms with van der Waals surface area (Å²) in [6.45, 7) is 9.97. The summed E-state index contributed by atoms with van der Waals surface area (Å²) in [5.74, 6) is 0.645. The first kappa shape index (κ1) is 25.1. The molecule has 1 aromatic rings. The zero-order valence-corrected chi connectivity index (χ0v) is 21.4. The second kappa shape index (κ2) is 10.7. The molecule has 4 rings (SSSR count). The van der Waals surface area contributed by atoms with Gasteiger partial charge in [0.05, 0.1) is 4.90 Å². The second-order valence-corrected chi connectivity index (χ2v) is 11.8. The SMILES string of the molecule is CCCN1CCN(S(=O)(=O)c2ccc3c(c2)CCN3C(=O)CCC(=O)N2CCC(C)CC2)CC1. The summed E-state index contributed by atoms with van der Waals surface area (Å²) in [7, 11) is -3.54. The minimum atomic E-state index is -3.54. The standard InChI is InChI=1S/C25H38N4O4S/c1-3-11-26-15-17-28(18-16-26)34(32,33)22-4-5-23-21(19-22)10-14-29(23)25(31)7-6-24(30)27-12-8-20(2)9-13-27/h4-5,19-20H,3,6-18H2,1-2H3. The minimum absolute atomic E-state index is 0.0557. The number of fused-ring (bicyclic) bond motifs is 1. The van der Waals surface area contributed by atoms with Crippen molar-refractivity contribution in [1.82, 2.24) is 14.1 Å². The Morgan fingerprint density at radius 2 is 1.62 bits per heavy atom. The van der Waals surface area contributed by atoms with E-state index < -0.39 is 10.0 Å². The highest BCUT2D eigenvalue weighted by atomic mass is 32.2. The molecule has 1 aromatic carbocycles. The summed E-state index contributed by atoms with van der Waals surface area (Å²) in [5.41, 5.74) is 1.66. The number of rotatable bonds is 7. The number of piperidine rings is 1. The number of likely N-dealkylation sites (tertiary alicyclic amines) is 1. The van der Waals surface area contributed by atoms with Gasteiger partial charge < -0.3 is 14.7 Å². The Kier molecular flexibility index (Phi) is 7.94. The molecule has 2 saturated heterocycles. The van der Waals surface area contributed by atoms with Gasteiger partial charge in [-0.15, -0.1) is 0 Å². The highest BCUT2D eigenvalue weighted by molar-refractivity contribution is 7.89. The fraction of sp³-hybridized carbons (Fsp3) is 0.680. The summed E-state index contributed by atoms with van der Waals surface area (Å²) in [6, 6.07) is 5.11. The monoisotopic (exact) mass is 490 g/mol. The van der Waals surface area contributed by atoms with Crippen LogP contribution in [0.1, 0.15) is 51.5 Å². The van der Waals surface area contributed by atoms with Gasteiger partial charge in [-0.1, -0.05) is 13.8 Å². The van der Waals surface area contributed by atoms with E-state index in [1.165, 1.54) is 0 Å². The summed E-state index contributed by atoms with van der Waals surface area (Å²) in [6.07, 6.45) is 4.17. The van der Waals surface area contributed by atoms with Crippen molar-refractivity contribution < 1.29 is 18.0 Å². The molecule has 0 aromatic heterocycles. The molecule has 0 N–H and O–H groups in total. The second-order valence-electron chi connectivity index (χ2n) is 9.89. The van der Waals surface area contributed by atoms with Gasteiger partial charge in [-0.2, -0.15) is 4.31 Å². The Labute approximate surface area is 203 Å². The molecule has 0 aliphatic carbocycles. The van der Waals surface area contributed by atoms with Crippen LogP contribution in [0.2, 0.25) is 0 Å². The number of carbonyl (C=O) groups is 2. The highest BCUT2D eigenvalue weighted by Gasteiger charge is 2.31. The lowest BCUT2D eigenvalue weighted by molar-refractivity contribution is -0.134. The van der Waals surface area contributed by atoms with Crippen molar-refractivity contribution in [2.75, 3.05) is 57.3 Å². The number of anilines is 1. The molecule has 8 nitrogen and oxygen atoms in total. The average molecular weight is 491 g/mol. The van der Waals surface area contributed by atoms with Crippen LogP contribution >= 0.6 is 0 Å². The van der Waals surface area contributed by atoms with E-state index >= 15 is 0 Å². The van der Waals surface area contributed by atoms with Gasteiger partial charge >= 0.3 is 0 Å². The molecule has 0 saturated carbocycles. The Morgan fingerprint density at radius 1 is 0.941 bits per heavy atom. The summed E-state index contributed by atoms with van der Waals surface area (Å²) >= 11 is 0. The van der Waals surface area contributed by atoms with Gasteiger partial charge in [0.15, 0.2) is 0 Å². The molecule has 3 heterocycles. The van der Waals surface area contributed by atoms with Crippen LogP contribution in [0.4, 0.5) is 5.69 Å². The van der Waals surface area contributed by atoms with Crippen LogP contribution in [0.3, 0.4) is 0 Å². The summed E-state index contributed by atoms with van der Waals surface area (Å²) in [5, 5.41) is 0. The molecule has 0 bridgehead atoms. The average Bonchev–Trinajstić information content (AvgIpc) is 3.27. The highest BCUT2D eigenvalue weighted by Crippen LogP contribution is 2.32. The number of hydrogen-bond donors (Lipinski definition) is 0. The first-order valence-electron chi connectivity index (χ1n) is 12.7. The van der Waals surface area contributed by atoms with E-state index in [0.717, 1.165) is 63.2 Å². The van der Waals surface area contributed by atoms with Crippen LogP contribution in [-0.4, -0.2) is 86.7 Å². The Balaban J connectivity index is 1.35. The molecule has 0 atom stereocenters. The first-order chi connectivity index (χ1) is 16.3. The molecule has 9 heteroatoms. The minimum Gasteiger partial charge on any atom is -0.343 e. The first-order valence-corrected chi connectivity index (χ1v) is 14.2. The molecule has 34 heavy (non-hydrogen) atoms. The molecule has 0 unspecified atom stereocenters. The molecule has 2 amide bonds. The van der Waals surface area contributed by atoms with E-state index in [9.17, 15) is 18.0 Å². The lowest BCUT2D eigenvalue weighted by Gasteiger charge is -2.33. The van der Waals surface area contributed by atoms with E-state index in [1.807, 2.05) is 4.90 Å². The lowest BCUT2D eigenvalue weighted by Crippen LogP contribution is -2.48.